The van der Waals surface area contributed by atoms with Crippen LogP contribution in [-0.4, -0.2) is 43.2 Å². The molecule has 0 atom stereocenters. The zero-order chi connectivity index (χ0) is 14.4. The average Bonchev–Trinajstić information content (AvgIpc) is 2.41. The van der Waals surface area contributed by atoms with Gasteiger partial charge in [0.15, 0.2) is 11.5 Å². The molecule has 0 heterocycles. The topological polar surface area (TPSA) is 61.8 Å². The molecule has 0 aliphatic carbocycles. The highest BCUT2D eigenvalue weighted by Crippen LogP contribution is 2.35. The van der Waals surface area contributed by atoms with Crippen LogP contribution in [0.2, 0.25) is 0 Å². The first-order valence-electron chi connectivity index (χ1n) is 6.00. The standard InChI is InChI=1S/C13H19BrN2O3/c1-4-16(8-12(17)15-2)7-9-5-10(14)13(18)11(6-9)19-3/h5-6,18H,4,7-8H2,1-3H3,(H,15,17). The molecule has 0 aromatic heterocycles. The van der Waals surface area contributed by atoms with E-state index in [0.29, 0.717) is 23.3 Å². The number of carbonyl (C=O) groups is 1. The number of carbonyl (C=O) groups excluding carboxylic acids is 1. The van der Waals surface area contributed by atoms with Crippen LogP contribution in [-0.2, 0) is 11.3 Å². The van der Waals surface area contributed by atoms with E-state index in [-0.39, 0.29) is 11.7 Å². The summed E-state index contributed by atoms with van der Waals surface area (Å²) in [7, 11) is 3.13. The van der Waals surface area contributed by atoms with Gasteiger partial charge in [-0.3, -0.25) is 9.69 Å². The first-order valence-corrected chi connectivity index (χ1v) is 6.79. The van der Waals surface area contributed by atoms with E-state index in [1.54, 1.807) is 13.1 Å². The lowest BCUT2D eigenvalue weighted by Gasteiger charge is -2.20. The van der Waals surface area contributed by atoms with E-state index in [0.717, 1.165) is 12.1 Å². The van der Waals surface area contributed by atoms with Gasteiger partial charge in [0.05, 0.1) is 18.1 Å². The van der Waals surface area contributed by atoms with E-state index in [1.807, 2.05) is 17.9 Å². The van der Waals surface area contributed by atoms with Crippen molar-refractivity contribution in [3.8, 4) is 11.5 Å². The quantitative estimate of drug-likeness (QED) is 0.833. The number of hydrogen-bond acceptors (Lipinski definition) is 4. The number of methoxy groups -OCH3 is 1. The van der Waals surface area contributed by atoms with E-state index >= 15 is 0 Å². The maximum Gasteiger partial charge on any atom is 0.233 e. The molecule has 1 rings (SSSR count). The number of halogens is 1. The molecule has 0 saturated carbocycles. The van der Waals surface area contributed by atoms with Gasteiger partial charge in [0.1, 0.15) is 0 Å². The van der Waals surface area contributed by atoms with Gasteiger partial charge in [-0.05, 0) is 40.2 Å². The highest BCUT2D eigenvalue weighted by Gasteiger charge is 2.12. The maximum atomic E-state index is 11.4. The number of likely N-dealkylation sites (N-methyl/N-ethyl adjacent to an activating group) is 2. The minimum absolute atomic E-state index is 0.0216. The van der Waals surface area contributed by atoms with Gasteiger partial charge < -0.3 is 15.2 Å². The second-order valence-electron chi connectivity index (χ2n) is 4.10. The third-order valence-electron chi connectivity index (χ3n) is 2.81. The number of nitrogens with one attached hydrogen (secondary N) is 1. The van der Waals surface area contributed by atoms with Gasteiger partial charge >= 0.3 is 0 Å². The van der Waals surface area contributed by atoms with E-state index in [4.69, 9.17) is 4.74 Å². The Morgan fingerprint density at radius 1 is 1.53 bits per heavy atom. The van der Waals surface area contributed by atoms with Gasteiger partial charge in [0.2, 0.25) is 5.91 Å². The highest BCUT2D eigenvalue weighted by molar-refractivity contribution is 9.10. The molecule has 0 fully saturated rings. The zero-order valence-electron chi connectivity index (χ0n) is 11.4. The largest absolute Gasteiger partial charge is 0.503 e. The van der Waals surface area contributed by atoms with Gasteiger partial charge in [-0.15, -0.1) is 0 Å². The van der Waals surface area contributed by atoms with Crippen LogP contribution in [0.25, 0.3) is 0 Å². The molecule has 0 unspecified atom stereocenters. The lowest BCUT2D eigenvalue weighted by molar-refractivity contribution is -0.121. The summed E-state index contributed by atoms with van der Waals surface area (Å²) in [6.07, 6.45) is 0. The fraction of sp³-hybridized carbons (Fsp3) is 0.462. The minimum atomic E-state index is -0.0216. The molecule has 0 spiro atoms. The highest BCUT2D eigenvalue weighted by atomic mass is 79.9. The molecule has 2 N–H and O–H groups in total. The van der Waals surface area contributed by atoms with Crippen LogP contribution in [0.1, 0.15) is 12.5 Å². The number of ether oxygens (including phenoxy) is 1. The number of nitrogens with zero attached hydrogens (tertiary/aromatic N) is 1. The summed E-state index contributed by atoms with van der Waals surface area (Å²) in [5.41, 5.74) is 0.965. The Morgan fingerprint density at radius 2 is 2.21 bits per heavy atom. The summed E-state index contributed by atoms with van der Waals surface area (Å²) >= 11 is 3.29. The molecule has 6 heteroatoms. The lowest BCUT2D eigenvalue weighted by atomic mass is 10.2. The monoisotopic (exact) mass is 330 g/mol. The number of phenols is 1. The molecule has 106 valence electrons. The summed E-state index contributed by atoms with van der Waals surface area (Å²) < 4.78 is 5.69. The molecule has 0 radical (unpaired) electrons. The van der Waals surface area contributed by atoms with Crippen molar-refractivity contribution >= 4 is 21.8 Å². The summed E-state index contributed by atoms with van der Waals surface area (Å²) in [4.78, 5) is 13.4. The SMILES string of the molecule is CCN(CC(=O)NC)Cc1cc(Br)c(O)c(OC)c1. The average molecular weight is 331 g/mol. The van der Waals surface area contributed by atoms with Crippen molar-refractivity contribution in [3.63, 3.8) is 0 Å². The fourth-order valence-electron chi connectivity index (χ4n) is 1.69. The van der Waals surface area contributed by atoms with E-state index in [9.17, 15) is 9.90 Å². The second kappa shape index (κ2) is 7.35. The Labute approximate surface area is 121 Å². The molecular weight excluding hydrogens is 312 g/mol. The Morgan fingerprint density at radius 3 is 2.74 bits per heavy atom. The van der Waals surface area contributed by atoms with Crippen LogP contribution in [0, 0.1) is 0 Å². The van der Waals surface area contributed by atoms with Crippen molar-refractivity contribution in [2.75, 3.05) is 27.2 Å². The predicted octanol–water partition coefficient (Wildman–Crippen LogP) is 1.73. The second-order valence-corrected chi connectivity index (χ2v) is 4.96. The summed E-state index contributed by atoms with van der Waals surface area (Å²) in [5, 5.41) is 12.4. The van der Waals surface area contributed by atoms with E-state index in [2.05, 4.69) is 21.2 Å². The van der Waals surface area contributed by atoms with Crippen LogP contribution in [0.15, 0.2) is 16.6 Å². The minimum Gasteiger partial charge on any atom is -0.503 e. The molecule has 1 amide bonds. The zero-order valence-corrected chi connectivity index (χ0v) is 13.0. The van der Waals surface area contributed by atoms with Crippen LogP contribution >= 0.6 is 15.9 Å². The van der Waals surface area contributed by atoms with Crippen molar-refractivity contribution in [1.29, 1.82) is 0 Å². The Balaban J connectivity index is 2.85. The first kappa shape index (κ1) is 15.8. The van der Waals surface area contributed by atoms with Gasteiger partial charge in [-0.1, -0.05) is 6.92 Å². The molecule has 0 saturated heterocycles. The summed E-state index contributed by atoms with van der Waals surface area (Å²) in [5.74, 6) is 0.479. The fourth-order valence-corrected chi connectivity index (χ4v) is 2.18. The van der Waals surface area contributed by atoms with Gasteiger partial charge in [-0.2, -0.15) is 0 Å². The molecule has 0 aliphatic heterocycles. The molecule has 1 aromatic rings. The summed E-state index contributed by atoms with van der Waals surface area (Å²) in [6.45, 7) is 3.71. The van der Waals surface area contributed by atoms with Crippen molar-refractivity contribution in [1.82, 2.24) is 10.2 Å². The predicted molar refractivity (Wildman–Crippen MR) is 77.4 cm³/mol. The van der Waals surface area contributed by atoms with E-state index < -0.39 is 0 Å². The number of benzene rings is 1. The number of aromatic hydroxyl groups is 1. The number of rotatable bonds is 6. The Kier molecular flexibility index (Phi) is 6.11. The molecule has 1 aromatic carbocycles. The molecule has 0 bridgehead atoms. The van der Waals surface area contributed by atoms with Crippen molar-refractivity contribution < 1.29 is 14.6 Å². The number of amides is 1. The van der Waals surface area contributed by atoms with Gasteiger partial charge in [0, 0.05) is 13.6 Å². The normalized spacial score (nSPS) is 10.6. The number of hydrogen-bond donors (Lipinski definition) is 2. The molecule has 0 aliphatic rings. The van der Waals surface area contributed by atoms with E-state index in [1.165, 1.54) is 7.11 Å². The van der Waals surface area contributed by atoms with Gasteiger partial charge in [0.25, 0.3) is 0 Å². The van der Waals surface area contributed by atoms with Gasteiger partial charge in [-0.25, -0.2) is 0 Å². The molecule has 5 nitrogen and oxygen atoms in total. The third-order valence-corrected chi connectivity index (χ3v) is 3.41. The van der Waals surface area contributed by atoms with Crippen molar-refractivity contribution in [3.05, 3.63) is 22.2 Å². The molecular formula is C13H19BrN2O3. The van der Waals surface area contributed by atoms with Crippen LogP contribution in [0.3, 0.4) is 0 Å². The van der Waals surface area contributed by atoms with Crippen molar-refractivity contribution in [2.45, 2.75) is 13.5 Å². The lowest BCUT2D eigenvalue weighted by Crippen LogP contribution is -2.35. The maximum absolute atomic E-state index is 11.4. The Hall–Kier alpha value is -1.27. The van der Waals surface area contributed by atoms with Crippen LogP contribution in [0.4, 0.5) is 0 Å². The Bertz CT molecular complexity index is 452. The molecule has 19 heavy (non-hydrogen) atoms. The summed E-state index contributed by atoms with van der Waals surface area (Å²) in [6, 6.07) is 3.59. The van der Waals surface area contributed by atoms with Crippen molar-refractivity contribution in [2.24, 2.45) is 0 Å². The van der Waals surface area contributed by atoms with Crippen LogP contribution < -0.4 is 10.1 Å². The van der Waals surface area contributed by atoms with Crippen LogP contribution in [0.5, 0.6) is 11.5 Å². The third kappa shape index (κ3) is 4.40. The number of phenolic OH excluding ortho intramolecular Hbond substituents is 1. The first-order chi connectivity index (χ1) is 9.01. The smallest absolute Gasteiger partial charge is 0.233 e.